The van der Waals surface area contributed by atoms with E-state index in [0.29, 0.717) is 0 Å². The van der Waals surface area contributed by atoms with Gasteiger partial charge in [0.1, 0.15) is 5.01 Å². The zero-order valence-corrected chi connectivity index (χ0v) is 12.6. The van der Waals surface area contributed by atoms with Crippen molar-refractivity contribution in [3.8, 4) is 0 Å². The number of thiazole rings is 1. The summed E-state index contributed by atoms with van der Waals surface area (Å²) in [5.74, 6) is 0. The van der Waals surface area contributed by atoms with Crippen molar-refractivity contribution in [3.05, 3.63) is 46.7 Å². The smallest absolute Gasteiger partial charge is 0.115 e. The number of benzene rings is 1. The van der Waals surface area contributed by atoms with Gasteiger partial charge in [-0.2, -0.15) is 5.10 Å². The molecule has 0 aliphatic heterocycles. The molecule has 0 radical (unpaired) electrons. The van der Waals surface area contributed by atoms with Crippen molar-refractivity contribution in [1.82, 2.24) is 20.1 Å². The van der Waals surface area contributed by atoms with Gasteiger partial charge in [0.25, 0.3) is 0 Å². The Morgan fingerprint density at radius 1 is 1.30 bits per heavy atom. The Hall–Kier alpha value is -1.72. The van der Waals surface area contributed by atoms with E-state index in [2.05, 4.69) is 47.4 Å². The molecule has 0 atom stereocenters. The summed E-state index contributed by atoms with van der Waals surface area (Å²) in [4.78, 5) is 4.66. The molecule has 0 aliphatic rings. The van der Waals surface area contributed by atoms with E-state index in [4.69, 9.17) is 0 Å². The van der Waals surface area contributed by atoms with Gasteiger partial charge >= 0.3 is 0 Å². The number of hydrogen-bond acceptors (Lipinski definition) is 4. The Kier molecular flexibility index (Phi) is 3.80. The number of nitrogens with one attached hydrogen (secondary N) is 1. The molecule has 2 aromatic heterocycles. The normalized spacial score (nSPS) is 11.3. The Morgan fingerprint density at radius 3 is 2.95 bits per heavy atom. The van der Waals surface area contributed by atoms with Crippen LogP contribution in [0.5, 0.6) is 0 Å². The maximum absolute atomic E-state index is 4.66. The first kappa shape index (κ1) is 13.3. The monoisotopic (exact) mass is 286 g/mol. The number of hydrogen-bond donors (Lipinski definition) is 1. The molecule has 20 heavy (non-hydrogen) atoms. The second-order valence-electron chi connectivity index (χ2n) is 4.77. The molecule has 4 nitrogen and oxygen atoms in total. The van der Waals surface area contributed by atoms with Gasteiger partial charge in [-0.1, -0.05) is 19.1 Å². The van der Waals surface area contributed by atoms with Crippen LogP contribution in [0.2, 0.25) is 0 Å². The fraction of sp³-hybridized carbons (Fsp3) is 0.333. The predicted octanol–water partition coefficient (Wildman–Crippen LogP) is 2.96. The molecule has 1 N–H and O–H groups in total. The van der Waals surface area contributed by atoms with E-state index in [1.165, 1.54) is 16.0 Å². The van der Waals surface area contributed by atoms with Crippen molar-refractivity contribution in [2.24, 2.45) is 0 Å². The molecule has 104 valence electrons. The van der Waals surface area contributed by atoms with Crippen LogP contribution in [0.4, 0.5) is 0 Å². The van der Waals surface area contributed by atoms with E-state index in [-0.39, 0.29) is 0 Å². The lowest BCUT2D eigenvalue weighted by Crippen LogP contribution is -2.12. The first-order valence-corrected chi connectivity index (χ1v) is 7.66. The SMILES string of the molecule is CCNCc1cnn(Cc2nc3ccccc3s2)c1C. The van der Waals surface area contributed by atoms with Gasteiger partial charge in [-0.15, -0.1) is 11.3 Å². The van der Waals surface area contributed by atoms with Crippen molar-refractivity contribution in [2.45, 2.75) is 26.9 Å². The maximum Gasteiger partial charge on any atom is 0.115 e. The van der Waals surface area contributed by atoms with E-state index >= 15 is 0 Å². The third-order valence-electron chi connectivity index (χ3n) is 3.39. The molecule has 1 aromatic carbocycles. The molecule has 0 aliphatic carbocycles. The van der Waals surface area contributed by atoms with Gasteiger partial charge in [0.2, 0.25) is 0 Å². The summed E-state index contributed by atoms with van der Waals surface area (Å²) >= 11 is 1.74. The summed E-state index contributed by atoms with van der Waals surface area (Å²) in [6, 6.07) is 8.25. The molecule has 3 rings (SSSR count). The van der Waals surface area contributed by atoms with Crippen molar-refractivity contribution >= 4 is 21.6 Å². The fourth-order valence-electron chi connectivity index (χ4n) is 2.19. The summed E-state index contributed by atoms with van der Waals surface area (Å²) < 4.78 is 3.27. The molecule has 3 aromatic rings. The number of rotatable bonds is 5. The van der Waals surface area contributed by atoms with Crippen LogP contribution in [-0.4, -0.2) is 21.3 Å². The van der Waals surface area contributed by atoms with Gasteiger partial charge < -0.3 is 5.32 Å². The first-order chi connectivity index (χ1) is 9.78. The van der Waals surface area contributed by atoms with Gasteiger partial charge in [0.15, 0.2) is 0 Å². The molecule has 5 heteroatoms. The molecule has 0 spiro atoms. The van der Waals surface area contributed by atoms with Crippen LogP contribution < -0.4 is 5.32 Å². The van der Waals surface area contributed by atoms with Crippen LogP contribution in [0, 0.1) is 6.92 Å². The van der Waals surface area contributed by atoms with Crippen LogP contribution in [0.1, 0.15) is 23.2 Å². The first-order valence-electron chi connectivity index (χ1n) is 6.84. The third kappa shape index (κ3) is 2.59. The summed E-state index contributed by atoms with van der Waals surface area (Å²) in [5, 5.41) is 8.92. The second kappa shape index (κ2) is 5.73. The maximum atomic E-state index is 4.66. The highest BCUT2D eigenvalue weighted by molar-refractivity contribution is 7.18. The molecule has 0 fully saturated rings. The molecule has 0 unspecified atom stereocenters. The van der Waals surface area contributed by atoms with Crippen LogP contribution >= 0.6 is 11.3 Å². The zero-order chi connectivity index (χ0) is 13.9. The van der Waals surface area contributed by atoms with E-state index in [9.17, 15) is 0 Å². The van der Waals surface area contributed by atoms with Crippen molar-refractivity contribution in [1.29, 1.82) is 0 Å². The molecular formula is C15H18N4S. The van der Waals surface area contributed by atoms with E-state index in [0.717, 1.165) is 30.2 Å². The highest BCUT2D eigenvalue weighted by atomic mass is 32.1. The number of aromatic nitrogens is 3. The van der Waals surface area contributed by atoms with E-state index < -0.39 is 0 Å². The minimum Gasteiger partial charge on any atom is -0.313 e. The molecule has 0 bridgehead atoms. The Balaban J connectivity index is 1.82. The summed E-state index contributed by atoms with van der Waals surface area (Å²) in [5.41, 5.74) is 3.54. The van der Waals surface area contributed by atoms with Gasteiger partial charge in [-0.3, -0.25) is 4.68 Å². The highest BCUT2D eigenvalue weighted by Gasteiger charge is 2.09. The van der Waals surface area contributed by atoms with Gasteiger partial charge in [-0.05, 0) is 25.6 Å². The quantitative estimate of drug-likeness (QED) is 0.784. The zero-order valence-electron chi connectivity index (χ0n) is 11.8. The van der Waals surface area contributed by atoms with E-state index in [1.807, 2.05) is 16.9 Å². The number of para-hydroxylation sites is 1. The predicted molar refractivity (Wildman–Crippen MR) is 83.1 cm³/mol. The lowest BCUT2D eigenvalue weighted by molar-refractivity contribution is 0.657. The van der Waals surface area contributed by atoms with Gasteiger partial charge in [-0.25, -0.2) is 4.98 Å². The largest absolute Gasteiger partial charge is 0.313 e. The van der Waals surface area contributed by atoms with Gasteiger partial charge in [0.05, 0.1) is 23.0 Å². The summed E-state index contributed by atoms with van der Waals surface area (Å²) in [6.45, 7) is 6.83. The Labute approximate surface area is 122 Å². The second-order valence-corrected chi connectivity index (χ2v) is 5.88. The third-order valence-corrected chi connectivity index (χ3v) is 4.41. The van der Waals surface area contributed by atoms with Crippen LogP contribution in [0.15, 0.2) is 30.5 Å². The average Bonchev–Trinajstić information content (AvgIpc) is 3.01. The lowest BCUT2D eigenvalue weighted by Gasteiger charge is -2.03. The highest BCUT2D eigenvalue weighted by Crippen LogP contribution is 2.22. The minimum absolute atomic E-state index is 0.747. The van der Waals surface area contributed by atoms with Crippen molar-refractivity contribution < 1.29 is 0 Å². The van der Waals surface area contributed by atoms with Crippen LogP contribution in [-0.2, 0) is 13.1 Å². The van der Waals surface area contributed by atoms with Crippen molar-refractivity contribution in [3.63, 3.8) is 0 Å². The fourth-order valence-corrected chi connectivity index (χ4v) is 3.14. The molecule has 0 saturated carbocycles. The molecule has 0 amide bonds. The molecule has 2 heterocycles. The number of nitrogens with zero attached hydrogens (tertiary/aromatic N) is 3. The average molecular weight is 286 g/mol. The number of fused-ring (bicyclic) bond motifs is 1. The summed E-state index contributed by atoms with van der Waals surface area (Å²) in [7, 11) is 0. The Bertz CT molecular complexity index is 681. The summed E-state index contributed by atoms with van der Waals surface area (Å²) in [6.07, 6.45) is 1.95. The topological polar surface area (TPSA) is 42.7 Å². The van der Waals surface area contributed by atoms with E-state index in [1.54, 1.807) is 11.3 Å². The van der Waals surface area contributed by atoms with Crippen LogP contribution in [0.25, 0.3) is 10.2 Å². The lowest BCUT2D eigenvalue weighted by atomic mass is 10.2. The molecular weight excluding hydrogens is 268 g/mol. The standard InChI is InChI=1S/C15H18N4S/c1-3-16-8-12-9-17-19(11(12)2)10-15-18-13-6-4-5-7-14(13)20-15/h4-7,9,16H,3,8,10H2,1-2H3. The minimum atomic E-state index is 0.747. The molecule has 0 saturated heterocycles. The Morgan fingerprint density at radius 2 is 2.15 bits per heavy atom. The van der Waals surface area contributed by atoms with Crippen molar-refractivity contribution in [2.75, 3.05) is 6.54 Å². The van der Waals surface area contributed by atoms with Crippen LogP contribution in [0.3, 0.4) is 0 Å². The van der Waals surface area contributed by atoms with Gasteiger partial charge in [0, 0.05) is 17.8 Å².